The van der Waals surface area contributed by atoms with E-state index in [0.29, 0.717) is 0 Å². The van der Waals surface area contributed by atoms with Gasteiger partial charge in [0.2, 0.25) is 0 Å². The molecule has 2 heteroatoms. The molecular weight excluding hydrogens is 373 g/mol. The molecule has 0 spiro atoms. The summed E-state index contributed by atoms with van der Waals surface area (Å²) < 4.78 is 0. The predicted molar refractivity (Wildman–Crippen MR) is 131 cm³/mol. The first-order valence-corrected chi connectivity index (χ1v) is 12.1. The average molecular weight is 405 g/mol. The van der Waals surface area contributed by atoms with Gasteiger partial charge in [-0.1, -0.05) is 118 Å². The van der Waals surface area contributed by atoms with Gasteiger partial charge in [-0.15, -0.1) is 0 Å². The first kappa shape index (κ1) is 20.6. The number of hydrogen-bond acceptors (Lipinski definition) is 1. The minimum Gasteiger partial charge on any atom is -0.256 e. The van der Waals surface area contributed by atoms with Crippen LogP contribution in [0.1, 0.15) is 63.4 Å². The number of benzene rings is 2. The maximum atomic E-state index is 6.95. The summed E-state index contributed by atoms with van der Waals surface area (Å²) in [5, 5.41) is -0.156. The van der Waals surface area contributed by atoms with Gasteiger partial charge < -0.3 is 0 Å². The van der Waals surface area contributed by atoms with Crippen molar-refractivity contribution in [2.24, 2.45) is 11.8 Å². The second-order valence-corrected chi connectivity index (χ2v) is 9.76. The molecule has 0 amide bonds. The Kier molecular flexibility index (Phi) is 5.98. The zero-order valence-corrected chi connectivity index (χ0v) is 18.5. The molecule has 0 saturated heterocycles. The summed E-state index contributed by atoms with van der Waals surface area (Å²) in [6, 6.07) is 23.6. The van der Waals surface area contributed by atoms with Gasteiger partial charge in [-0.3, -0.25) is 4.98 Å². The van der Waals surface area contributed by atoms with Crippen LogP contribution in [0.4, 0.5) is 0 Å². The fourth-order valence-corrected chi connectivity index (χ4v) is 5.89. The van der Waals surface area contributed by atoms with Crippen molar-refractivity contribution < 1.29 is 0 Å². The average Bonchev–Trinajstić information content (AvgIpc) is 2.86. The molecule has 0 atom stereocenters. The van der Waals surface area contributed by atoms with Gasteiger partial charge in [-0.05, 0) is 40.4 Å². The molecule has 1 aromatic heterocycles. The van der Waals surface area contributed by atoms with Crippen LogP contribution in [0, 0.1) is 11.8 Å². The molecule has 0 unspecified atom stereocenters. The van der Waals surface area contributed by atoms with Crippen molar-refractivity contribution in [1.82, 2.24) is 4.98 Å². The predicted octanol–water partition coefficient (Wildman–Crippen LogP) is 7.55. The molecule has 0 aliphatic heterocycles. The Bertz CT molecular complexity index is 981. The summed E-state index contributed by atoms with van der Waals surface area (Å²) in [4.78, 5) is 4.56. The van der Waals surface area contributed by atoms with Crippen LogP contribution in [0.5, 0.6) is 0 Å². The molecule has 31 heavy (non-hydrogen) atoms. The normalized spacial score (nSPS) is 24.7. The van der Waals surface area contributed by atoms with Crippen molar-refractivity contribution in [2.45, 2.75) is 63.1 Å². The van der Waals surface area contributed by atoms with Crippen molar-refractivity contribution in [3.8, 4) is 22.4 Å². The maximum absolute atomic E-state index is 6.95. The lowest BCUT2D eigenvalue weighted by Crippen LogP contribution is -2.34. The Morgan fingerprint density at radius 3 is 2.06 bits per heavy atom. The SMILES string of the molecule is [B]C1(c2ccc(-c3ccnc(-c4ccccc4)c3)cc2)CCC(C2CCCCC2)CC1. The summed E-state index contributed by atoms with van der Waals surface area (Å²) in [7, 11) is 6.95. The van der Waals surface area contributed by atoms with E-state index < -0.39 is 0 Å². The zero-order chi connectivity index (χ0) is 21.1. The van der Waals surface area contributed by atoms with E-state index in [9.17, 15) is 0 Å². The monoisotopic (exact) mass is 405 g/mol. The van der Waals surface area contributed by atoms with Crippen molar-refractivity contribution in [3.05, 3.63) is 78.5 Å². The lowest BCUT2D eigenvalue weighted by molar-refractivity contribution is 0.176. The van der Waals surface area contributed by atoms with Crippen molar-refractivity contribution in [2.75, 3.05) is 0 Å². The van der Waals surface area contributed by atoms with Crippen molar-refractivity contribution >= 4 is 7.85 Å². The first-order valence-electron chi connectivity index (χ1n) is 12.1. The Balaban J connectivity index is 1.29. The van der Waals surface area contributed by atoms with Crippen molar-refractivity contribution in [3.63, 3.8) is 0 Å². The van der Waals surface area contributed by atoms with E-state index in [1.165, 1.54) is 61.6 Å². The molecular formula is C29H32BN. The molecule has 2 saturated carbocycles. The van der Waals surface area contributed by atoms with E-state index in [-0.39, 0.29) is 5.31 Å². The third-order valence-electron chi connectivity index (χ3n) is 7.86. The number of hydrogen-bond donors (Lipinski definition) is 0. The van der Waals surface area contributed by atoms with Crippen LogP contribution >= 0.6 is 0 Å². The molecule has 1 nitrogen and oxygen atoms in total. The number of rotatable bonds is 4. The smallest absolute Gasteiger partial charge is 0.0810 e. The van der Waals surface area contributed by atoms with Gasteiger partial charge in [-0.25, -0.2) is 0 Å². The van der Waals surface area contributed by atoms with Gasteiger partial charge in [0.05, 0.1) is 13.5 Å². The van der Waals surface area contributed by atoms with E-state index in [0.717, 1.165) is 35.9 Å². The summed E-state index contributed by atoms with van der Waals surface area (Å²) >= 11 is 0. The highest BCUT2D eigenvalue weighted by Gasteiger charge is 2.35. The summed E-state index contributed by atoms with van der Waals surface area (Å²) in [5.41, 5.74) is 5.89. The zero-order valence-electron chi connectivity index (χ0n) is 18.5. The molecule has 0 bridgehead atoms. The third kappa shape index (κ3) is 4.49. The highest BCUT2D eigenvalue weighted by molar-refractivity contribution is 6.16. The number of nitrogens with zero attached hydrogens (tertiary/aromatic N) is 1. The van der Waals surface area contributed by atoms with Crippen LogP contribution in [0.25, 0.3) is 22.4 Å². The van der Waals surface area contributed by atoms with Gasteiger partial charge >= 0.3 is 0 Å². The van der Waals surface area contributed by atoms with E-state index in [1.54, 1.807) is 0 Å². The van der Waals surface area contributed by atoms with Gasteiger partial charge in [0.25, 0.3) is 0 Å². The molecule has 3 aromatic rings. The molecule has 2 aliphatic rings. The van der Waals surface area contributed by atoms with Crippen LogP contribution in [-0.4, -0.2) is 12.8 Å². The van der Waals surface area contributed by atoms with Gasteiger partial charge in [-0.2, -0.15) is 0 Å². The van der Waals surface area contributed by atoms with Crippen LogP contribution in [0.2, 0.25) is 0 Å². The largest absolute Gasteiger partial charge is 0.256 e. The minimum atomic E-state index is -0.156. The number of pyridine rings is 1. The highest BCUT2D eigenvalue weighted by atomic mass is 14.7. The molecule has 2 radical (unpaired) electrons. The van der Waals surface area contributed by atoms with Gasteiger partial charge in [0, 0.05) is 11.8 Å². The molecule has 1 heterocycles. The standard InChI is InChI=1S/C29H32BN/c30-29(18-15-24(16-19-29)22-7-3-1-4-8-22)27-13-11-23(12-14-27)26-17-20-31-28(21-26)25-9-5-2-6-10-25/h2,5-6,9-14,17,20-22,24H,1,3-4,7-8,15-16,18-19H2. The molecule has 2 fully saturated rings. The van der Waals surface area contributed by atoms with E-state index in [1.807, 2.05) is 12.3 Å². The Hall–Kier alpha value is -2.35. The van der Waals surface area contributed by atoms with E-state index >= 15 is 0 Å². The highest BCUT2D eigenvalue weighted by Crippen LogP contribution is 2.45. The second kappa shape index (κ2) is 9.03. The molecule has 0 N–H and O–H groups in total. The number of aromatic nitrogens is 1. The Morgan fingerprint density at radius 1 is 0.677 bits per heavy atom. The summed E-state index contributed by atoms with van der Waals surface area (Å²) in [6.45, 7) is 0. The molecule has 5 rings (SSSR count). The summed E-state index contributed by atoms with van der Waals surface area (Å²) in [5.74, 6) is 1.87. The molecule has 2 aliphatic carbocycles. The van der Waals surface area contributed by atoms with Crippen LogP contribution in [0.3, 0.4) is 0 Å². The molecule has 2 aromatic carbocycles. The van der Waals surface area contributed by atoms with Crippen molar-refractivity contribution in [1.29, 1.82) is 0 Å². The Morgan fingerprint density at radius 2 is 1.35 bits per heavy atom. The topological polar surface area (TPSA) is 12.9 Å². The van der Waals surface area contributed by atoms with Crippen LogP contribution < -0.4 is 0 Å². The van der Waals surface area contributed by atoms with Crippen LogP contribution in [0.15, 0.2) is 72.9 Å². The lowest BCUT2D eigenvalue weighted by atomic mass is 9.54. The lowest BCUT2D eigenvalue weighted by Gasteiger charge is -2.42. The minimum absolute atomic E-state index is 0.156. The quantitative estimate of drug-likeness (QED) is 0.408. The molecule has 156 valence electrons. The van der Waals surface area contributed by atoms with E-state index in [4.69, 9.17) is 7.85 Å². The second-order valence-electron chi connectivity index (χ2n) is 9.76. The van der Waals surface area contributed by atoms with Gasteiger partial charge in [0.1, 0.15) is 0 Å². The fraction of sp³-hybridized carbons (Fsp3) is 0.414. The fourth-order valence-electron chi connectivity index (χ4n) is 5.89. The third-order valence-corrected chi connectivity index (χ3v) is 7.86. The maximum Gasteiger partial charge on any atom is 0.0810 e. The summed E-state index contributed by atoms with van der Waals surface area (Å²) in [6.07, 6.45) is 14.0. The van der Waals surface area contributed by atoms with E-state index in [2.05, 4.69) is 65.6 Å². The first-order chi connectivity index (χ1) is 15.2. The Labute approximate surface area is 188 Å². The van der Waals surface area contributed by atoms with Crippen LogP contribution in [-0.2, 0) is 5.31 Å². The van der Waals surface area contributed by atoms with Gasteiger partial charge in [0.15, 0.2) is 0 Å².